The lowest BCUT2D eigenvalue weighted by Crippen LogP contribution is -3.14. The van der Waals surface area contributed by atoms with E-state index in [0.29, 0.717) is 5.76 Å². The van der Waals surface area contributed by atoms with Crippen LogP contribution in [-0.2, 0) is 4.74 Å². The largest absolute Gasteiger partial charge is 0.459 e. The number of furan rings is 1. The molecule has 0 unspecified atom stereocenters. The number of hydrogen-bond donors (Lipinski definition) is 2. The first-order chi connectivity index (χ1) is 13.6. The summed E-state index contributed by atoms with van der Waals surface area (Å²) >= 11 is 1.61. The maximum atomic E-state index is 12.6. The third-order valence-electron chi connectivity index (χ3n) is 5.22. The van der Waals surface area contributed by atoms with Gasteiger partial charge in [0.2, 0.25) is 0 Å². The lowest BCUT2D eigenvalue weighted by atomic mass is 9.98. The Morgan fingerprint density at radius 1 is 1.21 bits per heavy atom. The summed E-state index contributed by atoms with van der Waals surface area (Å²) in [5.41, 5.74) is 3.35. The predicted molar refractivity (Wildman–Crippen MR) is 108 cm³/mol. The van der Waals surface area contributed by atoms with E-state index in [0.717, 1.165) is 42.6 Å². The molecule has 4 rings (SSSR count). The standard InChI is InChI=1S/C21H23N3O3S/c1-14-15(2)28-21(23-20(25)17-7-5-11-27-17)18(14)19(16-6-3-4-8-22-16)24-9-12-26-13-10-24/h3-8,11,19H,9-10,12-13H2,1-2H3,(H,23,25)/p+1/t19-/m1/s1. The Hall–Kier alpha value is -2.48. The number of aromatic nitrogens is 1. The van der Waals surface area contributed by atoms with Gasteiger partial charge in [-0.1, -0.05) is 6.07 Å². The van der Waals surface area contributed by atoms with Gasteiger partial charge in [0.15, 0.2) is 11.8 Å². The number of morpholine rings is 1. The molecule has 0 saturated carbocycles. The van der Waals surface area contributed by atoms with Crippen molar-refractivity contribution in [3.8, 4) is 0 Å². The van der Waals surface area contributed by atoms with Gasteiger partial charge in [0.25, 0.3) is 5.91 Å². The van der Waals surface area contributed by atoms with Crippen LogP contribution >= 0.6 is 11.3 Å². The quantitative estimate of drug-likeness (QED) is 0.693. The summed E-state index contributed by atoms with van der Waals surface area (Å²) in [6, 6.07) is 9.45. The summed E-state index contributed by atoms with van der Waals surface area (Å²) in [6.07, 6.45) is 3.34. The van der Waals surface area contributed by atoms with Crippen molar-refractivity contribution in [2.24, 2.45) is 0 Å². The number of carbonyl (C=O) groups is 1. The molecule has 4 heterocycles. The zero-order valence-corrected chi connectivity index (χ0v) is 16.8. The zero-order chi connectivity index (χ0) is 19.5. The van der Waals surface area contributed by atoms with E-state index in [-0.39, 0.29) is 11.9 Å². The third kappa shape index (κ3) is 3.73. The van der Waals surface area contributed by atoms with Crippen LogP contribution in [0.5, 0.6) is 0 Å². The molecular weight excluding hydrogens is 374 g/mol. The molecule has 0 bridgehead atoms. The third-order valence-corrected chi connectivity index (χ3v) is 6.36. The molecule has 6 nitrogen and oxygen atoms in total. The summed E-state index contributed by atoms with van der Waals surface area (Å²) in [4.78, 5) is 19.9. The van der Waals surface area contributed by atoms with E-state index in [1.165, 1.54) is 21.6 Å². The van der Waals surface area contributed by atoms with Crippen LogP contribution in [0.4, 0.5) is 5.00 Å². The van der Waals surface area contributed by atoms with Crippen LogP contribution in [-0.4, -0.2) is 37.2 Å². The molecule has 1 aliphatic rings. The summed E-state index contributed by atoms with van der Waals surface area (Å²) in [6.45, 7) is 7.49. The predicted octanol–water partition coefficient (Wildman–Crippen LogP) is 2.61. The minimum Gasteiger partial charge on any atom is -0.459 e. The number of amides is 1. The summed E-state index contributed by atoms with van der Waals surface area (Å²) < 4.78 is 10.8. The van der Waals surface area contributed by atoms with E-state index < -0.39 is 0 Å². The van der Waals surface area contributed by atoms with E-state index in [1.54, 1.807) is 23.5 Å². The zero-order valence-electron chi connectivity index (χ0n) is 16.0. The Morgan fingerprint density at radius 2 is 2.04 bits per heavy atom. The van der Waals surface area contributed by atoms with E-state index >= 15 is 0 Å². The smallest absolute Gasteiger partial charge is 0.291 e. The van der Waals surface area contributed by atoms with Gasteiger partial charge in [-0.25, -0.2) is 0 Å². The lowest BCUT2D eigenvalue weighted by molar-refractivity contribution is -0.933. The molecule has 0 aliphatic carbocycles. The monoisotopic (exact) mass is 398 g/mol. The fourth-order valence-electron chi connectivity index (χ4n) is 3.69. The number of anilines is 1. The number of nitrogens with one attached hydrogen (secondary N) is 2. The van der Waals surface area contributed by atoms with Crippen molar-refractivity contribution in [1.82, 2.24) is 4.98 Å². The van der Waals surface area contributed by atoms with E-state index in [2.05, 4.69) is 30.2 Å². The van der Waals surface area contributed by atoms with Crippen LogP contribution in [0.1, 0.15) is 38.3 Å². The first kappa shape index (κ1) is 18.9. The second-order valence-electron chi connectivity index (χ2n) is 6.92. The topological polar surface area (TPSA) is 68.8 Å². The Balaban J connectivity index is 1.76. The summed E-state index contributed by atoms with van der Waals surface area (Å²) in [5.74, 6) is 0.0759. The molecule has 1 aliphatic heterocycles. The number of aryl methyl sites for hydroxylation is 1. The number of rotatable bonds is 5. The minimum atomic E-state index is -0.232. The molecule has 146 valence electrons. The highest BCUT2D eigenvalue weighted by molar-refractivity contribution is 7.16. The van der Waals surface area contributed by atoms with Crippen molar-refractivity contribution in [3.63, 3.8) is 0 Å². The molecule has 7 heteroatoms. The molecule has 3 aromatic rings. The second kappa shape index (κ2) is 8.26. The first-order valence-corrected chi connectivity index (χ1v) is 10.2. The maximum absolute atomic E-state index is 12.6. The number of pyridine rings is 1. The highest BCUT2D eigenvalue weighted by Crippen LogP contribution is 2.38. The van der Waals surface area contributed by atoms with Gasteiger partial charge >= 0.3 is 0 Å². The second-order valence-corrected chi connectivity index (χ2v) is 8.14. The Morgan fingerprint density at radius 3 is 2.71 bits per heavy atom. The highest BCUT2D eigenvalue weighted by Gasteiger charge is 2.34. The molecule has 1 atom stereocenters. The minimum absolute atomic E-state index is 0.0435. The molecule has 28 heavy (non-hydrogen) atoms. The molecule has 0 spiro atoms. The normalized spacial score (nSPS) is 16.1. The number of carbonyl (C=O) groups excluding carboxylic acids is 1. The van der Waals surface area contributed by atoms with Gasteiger partial charge in [0, 0.05) is 11.1 Å². The van der Waals surface area contributed by atoms with Gasteiger partial charge < -0.3 is 19.4 Å². The molecule has 1 fully saturated rings. The SMILES string of the molecule is Cc1sc(NC(=O)c2ccco2)c([C@@H](c2ccccn2)[NH+]2CCOCC2)c1C. The van der Waals surface area contributed by atoms with Gasteiger partial charge in [-0.15, -0.1) is 11.3 Å². The van der Waals surface area contributed by atoms with Gasteiger partial charge in [0.05, 0.1) is 25.0 Å². The number of hydrogen-bond acceptors (Lipinski definition) is 5. The van der Waals surface area contributed by atoms with Crippen molar-refractivity contribution < 1.29 is 18.8 Å². The Kier molecular flexibility index (Phi) is 5.57. The van der Waals surface area contributed by atoms with Crippen LogP contribution in [0.15, 0.2) is 47.2 Å². The van der Waals surface area contributed by atoms with Gasteiger partial charge in [-0.3, -0.25) is 9.78 Å². The molecule has 3 aromatic heterocycles. The van der Waals surface area contributed by atoms with Gasteiger partial charge in [-0.2, -0.15) is 0 Å². The molecule has 1 amide bonds. The highest BCUT2D eigenvalue weighted by atomic mass is 32.1. The van der Waals surface area contributed by atoms with Crippen molar-refractivity contribution >= 4 is 22.2 Å². The fraction of sp³-hybridized carbons (Fsp3) is 0.333. The van der Waals surface area contributed by atoms with Crippen LogP contribution in [0.25, 0.3) is 0 Å². The average molecular weight is 399 g/mol. The summed E-state index contributed by atoms with van der Waals surface area (Å²) in [7, 11) is 0. The summed E-state index contributed by atoms with van der Waals surface area (Å²) in [5, 5.41) is 3.94. The van der Waals surface area contributed by atoms with Crippen molar-refractivity contribution in [2.75, 3.05) is 31.6 Å². The number of ether oxygens (including phenoxy) is 1. The van der Waals surface area contributed by atoms with Crippen molar-refractivity contribution in [3.05, 3.63) is 70.3 Å². The number of nitrogens with zero attached hydrogens (tertiary/aromatic N) is 1. The van der Waals surface area contributed by atoms with Crippen LogP contribution in [0, 0.1) is 13.8 Å². The van der Waals surface area contributed by atoms with E-state index in [4.69, 9.17) is 9.15 Å². The molecular formula is C21H24N3O3S+. The first-order valence-electron chi connectivity index (χ1n) is 9.43. The molecule has 1 saturated heterocycles. The van der Waals surface area contributed by atoms with E-state index in [1.807, 2.05) is 18.3 Å². The van der Waals surface area contributed by atoms with Crippen molar-refractivity contribution in [1.29, 1.82) is 0 Å². The number of quaternary nitrogens is 1. The van der Waals surface area contributed by atoms with Crippen molar-refractivity contribution in [2.45, 2.75) is 19.9 Å². The maximum Gasteiger partial charge on any atom is 0.291 e. The number of thiophene rings is 1. The van der Waals surface area contributed by atoms with Crippen LogP contribution in [0.3, 0.4) is 0 Å². The fourth-order valence-corrected chi connectivity index (χ4v) is 4.78. The average Bonchev–Trinajstić information content (AvgIpc) is 3.35. The molecule has 0 aromatic carbocycles. The van der Waals surface area contributed by atoms with Crippen LogP contribution < -0.4 is 10.2 Å². The Bertz CT molecular complexity index is 931. The van der Waals surface area contributed by atoms with Gasteiger partial charge in [0.1, 0.15) is 23.8 Å². The Labute approximate surface area is 168 Å². The lowest BCUT2D eigenvalue weighted by Gasteiger charge is -2.32. The molecule has 2 N–H and O–H groups in total. The van der Waals surface area contributed by atoms with Crippen LogP contribution in [0.2, 0.25) is 0 Å². The van der Waals surface area contributed by atoms with Gasteiger partial charge in [-0.05, 0) is 43.7 Å². The van der Waals surface area contributed by atoms with E-state index in [9.17, 15) is 4.79 Å². The molecule has 0 radical (unpaired) electrons.